The van der Waals surface area contributed by atoms with Gasteiger partial charge in [0.15, 0.2) is 6.04 Å². The van der Waals surface area contributed by atoms with Crippen LogP contribution in [0, 0.1) is 11.7 Å². The molecule has 19 heavy (non-hydrogen) atoms. The van der Waals surface area contributed by atoms with Crippen LogP contribution in [0.15, 0.2) is 24.3 Å². The van der Waals surface area contributed by atoms with Gasteiger partial charge in [0.25, 0.3) is 0 Å². The summed E-state index contributed by atoms with van der Waals surface area (Å²) in [7, 11) is 0. The second-order valence-electron chi connectivity index (χ2n) is 4.25. The molecule has 0 heterocycles. The smallest absolute Gasteiger partial charge is 0.328 e. The molecule has 1 amide bonds. The average molecular weight is 271 g/mol. The van der Waals surface area contributed by atoms with Crippen LogP contribution in [0.25, 0.3) is 0 Å². The molecule has 1 rings (SSSR count). The zero-order chi connectivity index (χ0) is 14.4. The highest BCUT2D eigenvalue weighted by atomic mass is 19.1. The molecule has 2 N–H and O–H groups in total. The maximum atomic E-state index is 13.4. The fourth-order valence-electron chi connectivity index (χ4n) is 1.57. The highest BCUT2D eigenvalue weighted by Crippen LogP contribution is 2.12. The van der Waals surface area contributed by atoms with Crippen LogP contribution in [0.4, 0.5) is 8.78 Å². The molecule has 0 saturated carbocycles. The van der Waals surface area contributed by atoms with Crippen LogP contribution >= 0.6 is 0 Å². The monoisotopic (exact) mass is 271 g/mol. The van der Waals surface area contributed by atoms with E-state index in [4.69, 9.17) is 5.11 Å². The molecule has 0 aliphatic heterocycles. The van der Waals surface area contributed by atoms with Crippen LogP contribution < -0.4 is 5.32 Å². The van der Waals surface area contributed by atoms with Crippen LogP contribution in [0.3, 0.4) is 0 Å². The van der Waals surface area contributed by atoms with E-state index in [1.807, 2.05) is 0 Å². The third-order valence-corrected chi connectivity index (χ3v) is 2.70. The van der Waals surface area contributed by atoms with Gasteiger partial charge >= 0.3 is 5.97 Å². The first kappa shape index (κ1) is 15.1. The van der Waals surface area contributed by atoms with Crippen molar-refractivity contribution in [2.24, 2.45) is 5.92 Å². The molecule has 0 aliphatic carbocycles. The number of hydrogen-bond acceptors (Lipinski definition) is 2. The van der Waals surface area contributed by atoms with Gasteiger partial charge in [-0.3, -0.25) is 4.79 Å². The molecule has 104 valence electrons. The Morgan fingerprint density at radius 2 is 2.00 bits per heavy atom. The Bertz CT molecular complexity index is 465. The van der Waals surface area contributed by atoms with Gasteiger partial charge in [0.05, 0.1) is 0 Å². The first-order valence-corrected chi connectivity index (χ1v) is 5.78. The van der Waals surface area contributed by atoms with Gasteiger partial charge in [-0.15, -0.1) is 0 Å². The van der Waals surface area contributed by atoms with E-state index >= 15 is 0 Å². The molecule has 0 radical (unpaired) electrons. The van der Waals surface area contributed by atoms with E-state index in [1.165, 1.54) is 19.1 Å². The zero-order valence-corrected chi connectivity index (χ0v) is 10.4. The number of rotatable bonds is 6. The quantitative estimate of drug-likeness (QED) is 0.824. The highest BCUT2D eigenvalue weighted by Gasteiger charge is 2.23. The first-order valence-electron chi connectivity index (χ1n) is 5.78. The summed E-state index contributed by atoms with van der Waals surface area (Å²) in [6.45, 7) is 0.340. The second-order valence-corrected chi connectivity index (χ2v) is 4.25. The van der Waals surface area contributed by atoms with E-state index < -0.39 is 36.3 Å². The molecule has 0 fully saturated rings. The standard InChI is InChI=1S/C13H15F2NO3/c1-8(6-9-4-2-3-5-10(9)15)12(17)16-11(7-14)13(18)19/h2-5,8,11H,6-7H2,1H3,(H,16,17)(H,18,19). The van der Waals surface area contributed by atoms with Crippen molar-refractivity contribution in [2.45, 2.75) is 19.4 Å². The predicted molar refractivity (Wildman–Crippen MR) is 64.8 cm³/mol. The SMILES string of the molecule is CC(Cc1ccccc1F)C(=O)NC(CF)C(=O)O. The number of aliphatic carboxylic acids is 1. The topological polar surface area (TPSA) is 66.4 Å². The number of carbonyl (C=O) groups excluding carboxylic acids is 1. The van der Waals surface area contributed by atoms with Crippen molar-refractivity contribution >= 4 is 11.9 Å². The molecule has 0 spiro atoms. The van der Waals surface area contributed by atoms with Crippen LogP contribution in [0.2, 0.25) is 0 Å². The number of benzene rings is 1. The lowest BCUT2D eigenvalue weighted by atomic mass is 9.99. The lowest BCUT2D eigenvalue weighted by Crippen LogP contribution is -2.44. The van der Waals surface area contributed by atoms with Gasteiger partial charge in [-0.2, -0.15) is 0 Å². The van der Waals surface area contributed by atoms with Crippen molar-refractivity contribution in [3.05, 3.63) is 35.6 Å². The summed E-state index contributed by atoms with van der Waals surface area (Å²) in [6.07, 6.45) is 0.122. The van der Waals surface area contributed by atoms with Gasteiger partial charge in [0.2, 0.25) is 5.91 Å². The Morgan fingerprint density at radius 1 is 1.37 bits per heavy atom. The molecule has 0 bridgehead atoms. The number of amides is 1. The Hall–Kier alpha value is -1.98. The van der Waals surface area contributed by atoms with Gasteiger partial charge in [0.1, 0.15) is 12.5 Å². The number of alkyl halides is 1. The maximum absolute atomic E-state index is 13.4. The largest absolute Gasteiger partial charge is 0.480 e. The molecule has 1 aromatic carbocycles. The predicted octanol–water partition coefficient (Wildman–Crippen LogP) is 1.54. The summed E-state index contributed by atoms with van der Waals surface area (Å²) in [6, 6.07) is 4.44. The third kappa shape index (κ3) is 4.31. The molecule has 4 nitrogen and oxygen atoms in total. The molecular formula is C13H15F2NO3. The summed E-state index contributed by atoms with van der Waals surface area (Å²) >= 11 is 0. The molecular weight excluding hydrogens is 256 g/mol. The Kier molecular flexibility index (Phi) is 5.41. The number of hydrogen-bond donors (Lipinski definition) is 2. The summed E-state index contributed by atoms with van der Waals surface area (Å²) in [4.78, 5) is 22.3. The number of halogens is 2. The van der Waals surface area contributed by atoms with E-state index in [1.54, 1.807) is 12.1 Å². The van der Waals surface area contributed by atoms with Gasteiger partial charge in [-0.05, 0) is 18.1 Å². The summed E-state index contributed by atoms with van der Waals surface area (Å²) in [5, 5.41) is 10.7. The second kappa shape index (κ2) is 6.82. The molecule has 6 heteroatoms. The van der Waals surface area contributed by atoms with Crippen molar-refractivity contribution < 1.29 is 23.5 Å². The Labute approximate surface area is 109 Å². The molecule has 0 aliphatic rings. The molecule has 0 saturated heterocycles. The summed E-state index contributed by atoms with van der Waals surface area (Å²) in [5.41, 5.74) is 0.359. The minimum absolute atomic E-state index is 0.122. The highest BCUT2D eigenvalue weighted by molar-refractivity contribution is 5.85. The van der Waals surface area contributed by atoms with Crippen LogP contribution in [0.5, 0.6) is 0 Å². The van der Waals surface area contributed by atoms with Crippen molar-refractivity contribution in [3.63, 3.8) is 0 Å². The van der Waals surface area contributed by atoms with E-state index in [2.05, 4.69) is 5.32 Å². The van der Waals surface area contributed by atoms with E-state index in [-0.39, 0.29) is 6.42 Å². The number of carboxylic acid groups (broad SMARTS) is 1. The number of nitrogens with one attached hydrogen (secondary N) is 1. The molecule has 2 unspecified atom stereocenters. The van der Waals surface area contributed by atoms with Crippen molar-refractivity contribution in [2.75, 3.05) is 6.67 Å². The van der Waals surface area contributed by atoms with E-state index in [9.17, 15) is 18.4 Å². The van der Waals surface area contributed by atoms with E-state index in [0.717, 1.165) is 0 Å². The Morgan fingerprint density at radius 3 is 2.53 bits per heavy atom. The van der Waals surface area contributed by atoms with Gasteiger partial charge in [0, 0.05) is 5.92 Å². The zero-order valence-electron chi connectivity index (χ0n) is 10.4. The fourth-order valence-corrected chi connectivity index (χ4v) is 1.57. The minimum atomic E-state index is -1.56. The lowest BCUT2D eigenvalue weighted by Gasteiger charge is -2.15. The summed E-state index contributed by atoms with van der Waals surface area (Å²) < 4.78 is 25.8. The van der Waals surface area contributed by atoms with Crippen molar-refractivity contribution in [1.29, 1.82) is 0 Å². The van der Waals surface area contributed by atoms with Gasteiger partial charge in [-0.25, -0.2) is 13.6 Å². The van der Waals surface area contributed by atoms with E-state index in [0.29, 0.717) is 5.56 Å². The third-order valence-electron chi connectivity index (χ3n) is 2.70. The molecule has 0 aromatic heterocycles. The van der Waals surface area contributed by atoms with Crippen LogP contribution in [-0.4, -0.2) is 29.7 Å². The normalized spacial score (nSPS) is 13.6. The van der Waals surface area contributed by atoms with Crippen molar-refractivity contribution in [1.82, 2.24) is 5.32 Å². The molecule has 2 atom stereocenters. The summed E-state index contributed by atoms with van der Waals surface area (Å²) in [5.74, 6) is -3.13. The maximum Gasteiger partial charge on any atom is 0.328 e. The van der Waals surface area contributed by atoms with Crippen molar-refractivity contribution in [3.8, 4) is 0 Å². The first-order chi connectivity index (χ1) is 8.95. The number of carboxylic acids is 1. The fraction of sp³-hybridized carbons (Fsp3) is 0.385. The Balaban J connectivity index is 2.63. The molecule has 1 aromatic rings. The van der Waals surface area contributed by atoms with Crippen LogP contribution in [-0.2, 0) is 16.0 Å². The van der Waals surface area contributed by atoms with Gasteiger partial charge < -0.3 is 10.4 Å². The average Bonchev–Trinajstić information content (AvgIpc) is 2.37. The minimum Gasteiger partial charge on any atom is -0.480 e. The lowest BCUT2D eigenvalue weighted by molar-refractivity contribution is -0.142. The van der Waals surface area contributed by atoms with Gasteiger partial charge in [-0.1, -0.05) is 25.1 Å². The van der Waals surface area contributed by atoms with Crippen LogP contribution in [0.1, 0.15) is 12.5 Å². The number of carbonyl (C=O) groups is 2.